The number of ether oxygens (including phenoxy) is 2. The van der Waals surface area contributed by atoms with Gasteiger partial charge in [-0.3, -0.25) is 9.97 Å². The summed E-state index contributed by atoms with van der Waals surface area (Å²) in [6.07, 6.45) is 7.09. The first kappa shape index (κ1) is 25.6. The number of benzene rings is 1. The van der Waals surface area contributed by atoms with E-state index in [9.17, 15) is 0 Å². The minimum atomic E-state index is -0.194. The van der Waals surface area contributed by atoms with Crippen molar-refractivity contribution in [3.63, 3.8) is 0 Å². The Morgan fingerprint density at radius 1 is 0.842 bits per heavy atom. The Morgan fingerprint density at radius 3 is 2.37 bits per heavy atom. The lowest BCUT2D eigenvalue weighted by Gasteiger charge is -2.45. The summed E-state index contributed by atoms with van der Waals surface area (Å²) in [7, 11) is 1.71. The van der Waals surface area contributed by atoms with Crippen LogP contribution in [0.15, 0.2) is 73.2 Å². The molecule has 0 amide bonds. The van der Waals surface area contributed by atoms with E-state index in [1.54, 1.807) is 25.7 Å². The first-order valence-corrected chi connectivity index (χ1v) is 12.8. The summed E-state index contributed by atoms with van der Waals surface area (Å²) in [5.74, 6) is 2.30. The Morgan fingerprint density at radius 2 is 1.63 bits per heavy atom. The van der Waals surface area contributed by atoms with Gasteiger partial charge < -0.3 is 20.1 Å². The third-order valence-corrected chi connectivity index (χ3v) is 6.59. The van der Waals surface area contributed by atoms with E-state index in [1.807, 2.05) is 42.5 Å². The molecule has 196 valence electrons. The molecule has 0 bridgehead atoms. The van der Waals surface area contributed by atoms with E-state index in [-0.39, 0.29) is 11.2 Å². The van der Waals surface area contributed by atoms with Crippen molar-refractivity contribution in [3.05, 3.63) is 78.8 Å². The molecule has 8 heteroatoms. The molecule has 4 aromatic rings. The highest BCUT2D eigenvalue weighted by Crippen LogP contribution is 2.46. The van der Waals surface area contributed by atoms with Crippen LogP contribution in [0.5, 0.6) is 5.75 Å². The summed E-state index contributed by atoms with van der Waals surface area (Å²) in [4.78, 5) is 18.0. The molecule has 0 unspecified atom stereocenters. The monoisotopic (exact) mass is 510 g/mol. The van der Waals surface area contributed by atoms with Gasteiger partial charge in [0.2, 0.25) is 5.95 Å². The van der Waals surface area contributed by atoms with Gasteiger partial charge in [0, 0.05) is 30.3 Å². The van der Waals surface area contributed by atoms with Gasteiger partial charge in [-0.2, -0.15) is 4.98 Å². The van der Waals surface area contributed by atoms with Gasteiger partial charge in [-0.15, -0.1) is 0 Å². The smallest absolute Gasteiger partial charge is 0.229 e. The highest BCUT2D eigenvalue weighted by molar-refractivity contribution is 5.75. The van der Waals surface area contributed by atoms with Crippen molar-refractivity contribution < 1.29 is 9.47 Å². The molecule has 0 saturated carbocycles. The van der Waals surface area contributed by atoms with E-state index in [2.05, 4.69) is 70.4 Å². The predicted octanol–water partition coefficient (Wildman–Crippen LogP) is 6.88. The highest BCUT2D eigenvalue weighted by Gasteiger charge is 2.40. The van der Waals surface area contributed by atoms with Crippen molar-refractivity contribution in [1.82, 2.24) is 19.9 Å². The molecular weight excluding hydrogens is 476 g/mol. The molecule has 3 aromatic heterocycles. The molecule has 4 heterocycles. The van der Waals surface area contributed by atoms with Crippen molar-refractivity contribution in [3.8, 4) is 17.1 Å². The van der Waals surface area contributed by atoms with E-state index >= 15 is 0 Å². The van der Waals surface area contributed by atoms with E-state index in [1.165, 1.54) is 5.56 Å². The fraction of sp³-hybridized carbons (Fsp3) is 0.333. The number of anilines is 4. The second-order valence-corrected chi connectivity index (χ2v) is 10.8. The lowest BCUT2D eigenvalue weighted by Crippen LogP contribution is -2.44. The molecule has 0 aliphatic carbocycles. The fourth-order valence-corrected chi connectivity index (χ4v) is 5.41. The van der Waals surface area contributed by atoms with Crippen LogP contribution in [-0.4, -0.2) is 38.2 Å². The maximum atomic E-state index is 6.29. The maximum Gasteiger partial charge on any atom is 0.229 e. The van der Waals surface area contributed by atoms with Crippen LogP contribution in [0, 0.1) is 0 Å². The van der Waals surface area contributed by atoms with E-state index in [0.717, 1.165) is 41.4 Å². The topological polar surface area (TPSA) is 94.1 Å². The lowest BCUT2D eigenvalue weighted by molar-refractivity contribution is -0.162. The van der Waals surface area contributed by atoms with E-state index in [4.69, 9.17) is 9.47 Å². The number of hydrogen-bond acceptors (Lipinski definition) is 8. The summed E-state index contributed by atoms with van der Waals surface area (Å²) in [5.41, 5.74) is 4.00. The zero-order valence-corrected chi connectivity index (χ0v) is 22.5. The minimum absolute atomic E-state index is 0.194. The van der Waals surface area contributed by atoms with Crippen LogP contribution >= 0.6 is 0 Å². The van der Waals surface area contributed by atoms with E-state index in [0.29, 0.717) is 17.7 Å². The molecule has 0 spiro atoms. The summed E-state index contributed by atoms with van der Waals surface area (Å²) >= 11 is 0. The molecule has 1 aliphatic rings. The van der Waals surface area contributed by atoms with Crippen LogP contribution < -0.4 is 15.4 Å². The first-order valence-electron chi connectivity index (χ1n) is 12.8. The predicted molar refractivity (Wildman–Crippen MR) is 150 cm³/mol. The van der Waals surface area contributed by atoms with Gasteiger partial charge in [0.1, 0.15) is 17.3 Å². The summed E-state index contributed by atoms with van der Waals surface area (Å²) in [6, 6.07) is 17.6. The van der Waals surface area contributed by atoms with Gasteiger partial charge in [0.15, 0.2) is 0 Å². The Balaban J connectivity index is 1.35. The van der Waals surface area contributed by atoms with Gasteiger partial charge in [0.25, 0.3) is 0 Å². The number of nitrogens with one attached hydrogen (secondary N) is 2. The van der Waals surface area contributed by atoms with Crippen LogP contribution in [0.3, 0.4) is 0 Å². The molecule has 1 fully saturated rings. The summed E-state index contributed by atoms with van der Waals surface area (Å²) in [5, 5.41) is 6.68. The Labute approximate surface area is 223 Å². The number of pyridine rings is 2. The van der Waals surface area contributed by atoms with Gasteiger partial charge >= 0.3 is 0 Å². The SMILES string of the molecule is COc1cc(Nc2nccc(Nc3cccnc3-c3ccccn3)n2)ccc1C1CC(C)(C)OC(C)(C)C1. The van der Waals surface area contributed by atoms with Gasteiger partial charge in [-0.1, -0.05) is 12.1 Å². The van der Waals surface area contributed by atoms with Gasteiger partial charge in [0.05, 0.1) is 29.7 Å². The van der Waals surface area contributed by atoms with Crippen LogP contribution in [0.25, 0.3) is 11.4 Å². The molecule has 1 saturated heterocycles. The van der Waals surface area contributed by atoms with Crippen LogP contribution in [0.2, 0.25) is 0 Å². The fourth-order valence-electron chi connectivity index (χ4n) is 5.41. The zero-order chi connectivity index (χ0) is 26.8. The third-order valence-electron chi connectivity index (χ3n) is 6.59. The highest BCUT2D eigenvalue weighted by atomic mass is 16.5. The zero-order valence-electron chi connectivity index (χ0n) is 22.5. The van der Waals surface area contributed by atoms with E-state index < -0.39 is 0 Å². The molecule has 38 heavy (non-hydrogen) atoms. The number of hydrogen-bond donors (Lipinski definition) is 2. The van der Waals surface area contributed by atoms with Crippen molar-refractivity contribution in [2.75, 3.05) is 17.7 Å². The quantitative estimate of drug-likeness (QED) is 0.278. The summed E-state index contributed by atoms with van der Waals surface area (Å²) in [6.45, 7) is 8.64. The van der Waals surface area contributed by atoms with Crippen molar-refractivity contribution in [2.45, 2.75) is 57.7 Å². The molecule has 0 radical (unpaired) electrons. The van der Waals surface area contributed by atoms with Crippen LogP contribution in [0.1, 0.15) is 52.0 Å². The third kappa shape index (κ3) is 5.92. The Bertz CT molecular complexity index is 1390. The van der Waals surface area contributed by atoms with Gasteiger partial charge in [-0.05, 0) is 88.4 Å². The molecule has 1 aromatic carbocycles. The van der Waals surface area contributed by atoms with Crippen molar-refractivity contribution in [1.29, 1.82) is 0 Å². The number of methoxy groups -OCH3 is 1. The number of aromatic nitrogens is 4. The molecule has 8 nitrogen and oxygen atoms in total. The first-order chi connectivity index (χ1) is 18.2. The second-order valence-electron chi connectivity index (χ2n) is 10.8. The largest absolute Gasteiger partial charge is 0.496 e. The van der Waals surface area contributed by atoms with Gasteiger partial charge in [-0.25, -0.2) is 4.98 Å². The number of nitrogens with zero attached hydrogens (tertiary/aromatic N) is 4. The minimum Gasteiger partial charge on any atom is -0.496 e. The van der Waals surface area contributed by atoms with Crippen LogP contribution in [-0.2, 0) is 4.74 Å². The van der Waals surface area contributed by atoms with Crippen molar-refractivity contribution in [2.24, 2.45) is 0 Å². The molecule has 2 N–H and O–H groups in total. The molecule has 0 atom stereocenters. The second kappa shape index (κ2) is 10.4. The maximum absolute atomic E-state index is 6.29. The standard InChI is InChI=1S/C30H34N6O2/c1-29(2)18-20(19-30(3,4)38-29)22-12-11-21(17-25(22)37-5)34-28-33-16-13-26(36-28)35-24-10-8-15-32-27(24)23-9-6-7-14-31-23/h6-17,20H,18-19H2,1-5H3,(H2,33,34,35,36). The van der Waals surface area contributed by atoms with Crippen LogP contribution in [0.4, 0.5) is 23.1 Å². The average Bonchev–Trinajstić information content (AvgIpc) is 2.88. The Hall–Kier alpha value is -4.04. The average molecular weight is 511 g/mol. The normalized spacial score (nSPS) is 16.6. The molecular formula is C30H34N6O2. The number of rotatable bonds is 7. The lowest BCUT2D eigenvalue weighted by atomic mass is 9.77. The van der Waals surface area contributed by atoms with Crippen molar-refractivity contribution >= 4 is 23.1 Å². The Kier molecular flexibility index (Phi) is 6.99. The summed E-state index contributed by atoms with van der Waals surface area (Å²) < 4.78 is 12.1. The molecule has 1 aliphatic heterocycles. The molecule has 5 rings (SSSR count).